The van der Waals surface area contributed by atoms with Gasteiger partial charge in [-0.3, -0.25) is 4.57 Å². The molecule has 1 N–H and O–H groups in total. The molecule has 1 fully saturated rings. The molecule has 2 aromatic heterocycles. The van der Waals surface area contributed by atoms with E-state index in [9.17, 15) is 4.79 Å². The molecule has 37 heavy (non-hydrogen) atoms. The second kappa shape index (κ2) is 10.4. The lowest BCUT2D eigenvalue weighted by atomic mass is 9.86. The van der Waals surface area contributed by atoms with Gasteiger partial charge in [-0.1, -0.05) is 6.07 Å². The van der Waals surface area contributed by atoms with Crippen molar-refractivity contribution in [2.24, 2.45) is 0 Å². The first-order valence-corrected chi connectivity index (χ1v) is 13.0. The molecule has 0 radical (unpaired) electrons. The van der Waals surface area contributed by atoms with Gasteiger partial charge in [0.1, 0.15) is 29.1 Å². The van der Waals surface area contributed by atoms with Crippen molar-refractivity contribution in [3.8, 4) is 17.3 Å². The van der Waals surface area contributed by atoms with Crippen LogP contribution in [0.4, 0.5) is 4.79 Å². The molecule has 1 aliphatic heterocycles. The second-order valence-corrected chi connectivity index (χ2v) is 10.8. The van der Waals surface area contributed by atoms with Crippen LogP contribution in [-0.2, 0) is 17.6 Å². The molecule has 9 heteroatoms. The molecule has 0 saturated heterocycles. The number of hydrogen-bond acceptors (Lipinski definition) is 7. The quantitative estimate of drug-likeness (QED) is 0.533. The highest BCUT2D eigenvalue weighted by molar-refractivity contribution is 5.68. The predicted molar refractivity (Wildman–Crippen MR) is 138 cm³/mol. The van der Waals surface area contributed by atoms with Gasteiger partial charge in [0.25, 0.3) is 0 Å². The van der Waals surface area contributed by atoms with Crippen LogP contribution in [0.5, 0.6) is 11.6 Å². The maximum absolute atomic E-state index is 12.6. The Bertz CT molecular complexity index is 1230. The molecular formula is C28H35N5O4. The van der Waals surface area contributed by atoms with Crippen molar-refractivity contribution in [1.82, 2.24) is 25.1 Å². The van der Waals surface area contributed by atoms with Gasteiger partial charge >= 0.3 is 6.09 Å². The topological polar surface area (TPSA) is 100 Å². The predicted octanol–water partition coefficient (Wildman–Crippen LogP) is 4.77. The number of hydrogen-bond donors (Lipinski definition) is 1. The maximum Gasteiger partial charge on any atom is 0.407 e. The Kier molecular flexibility index (Phi) is 7.04. The zero-order valence-electron chi connectivity index (χ0n) is 21.9. The summed E-state index contributed by atoms with van der Waals surface area (Å²) in [7, 11) is 1.66. The summed E-state index contributed by atoms with van der Waals surface area (Å²) in [4.78, 5) is 16.9. The highest BCUT2D eigenvalue weighted by Gasteiger charge is 2.32. The van der Waals surface area contributed by atoms with Gasteiger partial charge in [-0.25, -0.2) is 9.78 Å². The lowest BCUT2D eigenvalue weighted by molar-refractivity contribution is 0.0504. The van der Waals surface area contributed by atoms with Gasteiger partial charge in [0.15, 0.2) is 0 Å². The zero-order valence-corrected chi connectivity index (χ0v) is 21.9. The van der Waals surface area contributed by atoms with Crippen molar-refractivity contribution in [2.75, 3.05) is 7.11 Å². The fourth-order valence-corrected chi connectivity index (χ4v) is 5.22. The molecule has 0 bridgehead atoms. The third-order valence-electron chi connectivity index (χ3n) is 6.86. The Hall–Kier alpha value is -3.62. The van der Waals surface area contributed by atoms with E-state index in [1.54, 1.807) is 13.3 Å². The van der Waals surface area contributed by atoms with Crippen LogP contribution in [0.15, 0.2) is 42.6 Å². The summed E-state index contributed by atoms with van der Waals surface area (Å²) in [6.07, 6.45) is 6.45. The fourth-order valence-electron chi connectivity index (χ4n) is 5.22. The van der Waals surface area contributed by atoms with Crippen LogP contribution in [0.1, 0.15) is 69.6 Å². The van der Waals surface area contributed by atoms with E-state index in [1.807, 2.05) is 51.1 Å². The third-order valence-corrected chi connectivity index (χ3v) is 6.86. The van der Waals surface area contributed by atoms with Crippen LogP contribution in [-0.4, -0.2) is 50.7 Å². The van der Waals surface area contributed by atoms with E-state index in [0.717, 1.165) is 54.3 Å². The molecule has 3 heterocycles. The van der Waals surface area contributed by atoms with Crippen molar-refractivity contribution < 1.29 is 19.0 Å². The molecule has 1 amide bonds. The van der Waals surface area contributed by atoms with Crippen molar-refractivity contribution in [2.45, 2.75) is 83.0 Å². The number of methoxy groups -OCH3 is 1. The molecule has 1 aliphatic carbocycles. The Morgan fingerprint density at radius 2 is 1.86 bits per heavy atom. The first-order valence-electron chi connectivity index (χ1n) is 13.0. The molecule has 5 rings (SSSR count). The molecule has 1 aromatic carbocycles. The summed E-state index contributed by atoms with van der Waals surface area (Å²) in [5.74, 6) is 3.53. The second-order valence-electron chi connectivity index (χ2n) is 10.8. The molecule has 0 spiro atoms. The first-order chi connectivity index (χ1) is 17.8. The molecule has 2 aliphatic rings. The van der Waals surface area contributed by atoms with Crippen molar-refractivity contribution in [3.63, 3.8) is 0 Å². The number of amides is 1. The van der Waals surface area contributed by atoms with Crippen LogP contribution in [0, 0.1) is 0 Å². The summed E-state index contributed by atoms with van der Waals surface area (Å²) in [6.45, 7) is 5.58. The van der Waals surface area contributed by atoms with E-state index in [0.29, 0.717) is 18.7 Å². The van der Waals surface area contributed by atoms with Crippen LogP contribution >= 0.6 is 0 Å². The number of fused-ring (bicyclic) bond motifs is 3. The number of pyridine rings is 1. The minimum atomic E-state index is -0.567. The Morgan fingerprint density at radius 1 is 1.05 bits per heavy atom. The van der Waals surface area contributed by atoms with Crippen LogP contribution in [0.2, 0.25) is 0 Å². The molecule has 9 nitrogen and oxygen atoms in total. The zero-order chi connectivity index (χ0) is 26.0. The van der Waals surface area contributed by atoms with Crippen LogP contribution < -0.4 is 14.8 Å². The van der Waals surface area contributed by atoms with Gasteiger partial charge in [-0.15, -0.1) is 10.2 Å². The molecule has 196 valence electrons. The fraction of sp³-hybridized carbons (Fsp3) is 0.500. The van der Waals surface area contributed by atoms with E-state index in [4.69, 9.17) is 14.2 Å². The smallest absolute Gasteiger partial charge is 0.407 e. The number of benzene rings is 1. The minimum absolute atomic E-state index is 0.150. The number of carbonyl (C=O) groups excluding carboxylic acids is 1. The largest absolute Gasteiger partial charge is 0.497 e. The third kappa shape index (κ3) is 5.87. The van der Waals surface area contributed by atoms with Crippen molar-refractivity contribution in [1.29, 1.82) is 0 Å². The Morgan fingerprint density at radius 3 is 2.57 bits per heavy atom. The molecule has 3 aromatic rings. The standard InChI is InChI=1S/C28H35N5O4/c1-28(2,3)37-27(34)30-20-15-19-16-22(35-4)12-13-23(19)33-24(17-20)31-32-26(33)18-8-10-21(11-9-18)36-25-7-5-6-14-29-25/h5-7,12-14,16,18,20-21H,8-11,15,17H2,1-4H3,(H,30,34). The van der Waals surface area contributed by atoms with Crippen LogP contribution in [0.25, 0.3) is 5.69 Å². The highest BCUT2D eigenvalue weighted by Crippen LogP contribution is 2.37. The van der Waals surface area contributed by atoms with Gasteiger partial charge in [0.2, 0.25) is 5.88 Å². The van der Waals surface area contributed by atoms with Crippen LogP contribution in [0.3, 0.4) is 0 Å². The lowest BCUT2D eigenvalue weighted by Crippen LogP contribution is -2.41. The number of alkyl carbamates (subject to hydrolysis) is 1. The van der Waals surface area contributed by atoms with E-state index in [2.05, 4.69) is 31.1 Å². The monoisotopic (exact) mass is 505 g/mol. The Labute approximate surface area is 217 Å². The number of nitrogens with zero attached hydrogens (tertiary/aromatic N) is 4. The van der Waals surface area contributed by atoms with Gasteiger partial charge in [-0.2, -0.15) is 0 Å². The lowest BCUT2D eigenvalue weighted by Gasteiger charge is -2.28. The number of carbonyl (C=O) groups is 1. The summed E-state index contributed by atoms with van der Waals surface area (Å²) in [6, 6.07) is 11.6. The average molecular weight is 506 g/mol. The molecule has 1 unspecified atom stereocenters. The van der Waals surface area contributed by atoms with E-state index >= 15 is 0 Å². The molecule has 1 saturated carbocycles. The average Bonchev–Trinajstić information content (AvgIpc) is 3.20. The number of aromatic nitrogens is 4. The molecular weight excluding hydrogens is 470 g/mol. The van der Waals surface area contributed by atoms with Gasteiger partial charge in [0.05, 0.1) is 12.8 Å². The van der Waals surface area contributed by atoms with E-state index in [1.165, 1.54) is 0 Å². The summed E-state index contributed by atoms with van der Waals surface area (Å²) in [5.41, 5.74) is 1.55. The minimum Gasteiger partial charge on any atom is -0.497 e. The Balaban J connectivity index is 1.38. The first kappa shape index (κ1) is 25.0. The van der Waals surface area contributed by atoms with Gasteiger partial charge in [0, 0.05) is 30.6 Å². The van der Waals surface area contributed by atoms with Crippen molar-refractivity contribution >= 4 is 6.09 Å². The summed E-state index contributed by atoms with van der Waals surface area (Å²) in [5, 5.41) is 12.3. The normalized spacial score (nSPS) is 21.2. The number of rotatable bonds is 5. The SMILES string of the molecule is COc1ccc2c(c1)CC(NC(=O)OC(C)(C)C)Cc1nnc(C3CCC(Oc4ccccn4)CC3)n1-2. The highest BCUT2D eigenvalue weighted by atomic mass is 16.6. The number of ether oxygens (including phenoxy) is 3. The number of nitrogens with one attached hydrogen (secondary N) is 1. The van der Waals surface area contributed by atoms with Gasteiger partial charge in [-0.05, 0) is 82.7 Å². The van der Waals surface area contributed by atoms with Gasteiger partial charge < -0.3 is 19.5 Å². The molecule has 1 atom stereocenters. The maximum atomic E-state index is 12.6. The van der Waals surface area contributed by atoms with E-state index in [-0.39, 0.29) is 18.1 Å². The summed E-state index contributed by atoms with van der Waals surface area (Å²) >= 11 is 0. The van der Waals surface area contributed by atoms with E-state index < -0.39 is 11.7 Å². The summed E-state index contributed by atoms with van der Waals surface area (Å²) < 4.78 is 19.3. The van der Waals surface area contributed by atoms with Crippen molar-refractivity contribution in [3.05, 3.63) is 59.8 Å².